The summed E-state index contributed by atoms with van der Waals surface area (Å²) in [7, 11) is 1.83. The van der Waals surface area contributed by atoms with E-state index in [1.807, 2.05) is 37.1 Å². The average Bonchev–Trinajstić information content (AvgIpc) is 3.16. The fourth-order valence-electron chi connectivity index (χ4n) is 4.37. The van der Waals surface area contributed by atoms with E-state index in [0.717, 1.165) is 55.0 Å². The highest BCUT2D eigenvalue weighted by Crippen LogP contribution is 2.37. The van der Waals surface area contributed by atoms with Crippen LogP contribution >= 0.6 is 11.6 Å². The quantitative estimate of drug-likeness (QED) is 0.580. The minimum Gasteiger partial charge on any atom is -0.339 e. The Morgan fingerprint density at radius 2 is 2.10 bits per heavy atom. The van der Waals surface area contributed by atoms with Crippen LogP contribution in [0, 0.1) is 11.3 Å². The van der Waals surface area contributed by atoms with Gasteiger partial charge in [0.2, 0.25) is 5.89 Å². The molecule has 2 aromatic rings. The van der Waals surface area contributed by atoms with Gasteiger partial charge >= 0.3 is 0 Å². The van der Waals surface area contributed by atoms with Crippen LogP contribution in [0.3, 0.4) is 0 Å². The highest BCUT2D eigenvalue weighted by Gasteiger charge is 2.33. The molecule has 1 aliphatic heterocycles. The van der Waals surface area contributed by atoms with E-state index < -0.39 is 0 Å². The minimum atomic E-state index is 0.302. The first kappa shape index (κ1) is 20.0. The van der Waals surface area contributed by atoms with E-state index in [4.69, 9.17) is 21.5 Å². The third kappa shape index (κ3) is 4.07. The van der Waals surface area contributed by atoms with Crippen LogP contribution in [0.25, 0.3) is 0 Å². The molecule has 8 heteroatoms. The van der Waals surface area contributed by atoms with Crippen molar-refractivity contribution in [2.75, 3.05) is 18.5 Å². The molecule has 0 spiro atoms. The van der Waals surface area contributed by atoms with Crippen molar-refractivity contribution in [3.05, 3.63) is 40.5 Å². The zero-order chi connectivity index (χ0) is 20.4. The molecular weight excluding hydrogens is 388 g/mol. The molecule has 1 aromatic carbocycles. The van der Waals surface area contributed by atoms with Gasteiger partial charge in [0.1, 0.15) is 11.7 Å². The van der Waals surface area contributed by atoms with Crippen molar-refractivity contribution in [3.8, 4) is 0 Å². The number of aryl methyl sites for hydroxylation is 1. The third-order valence-electron chi connectivity index (χ3n) is 5.86. The van der Waals surface area contributed by atoms with Crippen LogP contribution in [0.2, 0.25) is 5.02 Å². The number of nitrogens with zero attached hydrogens (tertiary/aromatic N) is 4. The van der Waals surface area contributed by atoms with Gasteiger partial charge in [0.15, 0.2) is 5.82 Å². The van der Waals surface area contributed by atoms with E-state index in [2.05, 4.69) is 20.4 Å². The van der Waals surface area contributed by atoms with Crippen molar-refractivity contribution in [1.29, 1.82) is 5.41 Å². The summed E-state index contributed by atoms with van der Waals surface area (Å²) in [5.74, 6) is 3.66. The Balaban J connectivity index is 1.54. The second-order valence-electron chi connectivity index (χ2n) is 7.69. The van der Waals surface area contributed by atoms with Crippen molar-refractivity contribution < 1.29 is 4.52 Å². The van der Waals surface area contributed by atoms with E-state index in [-0.39, 0.29) is 0 Å². The Kier molecular flexibility index (Phi) is 5.96. The summed E-state index contributed by atoms with van der Waals surface area (Å²) in [4.78, 5) is 11.2. The molecule has 0 bridgehead atoms. The van der Waals surface area contributed by atoms with Gasteiger partial charge in [0.25, 0.3) is 0 Å². The highest BCUT2D eigenvalue weighted by molar-refractivity contribution is 6.31. The molecule has 2 aliphatic rings. The molecule has 0 unspecified atom stereocenters. The summed E-state index contributed by atoms with van der Waals surface area (Å²) >= 11 is 6.21. The Morgan fingerprint density at radius 3 is 2.79 bits per heavy atom. The summed E-state index contributed by atoms with van der Waals surface area (Å²) in [6, 6.07) is 5.86. The van der Waals surface area contributed by atoms with Crippen molar-refractivity contribution >= 4 is 29.0 Å². The number of aromatic nitrogens is 2. The van der Waals surface area contributed by atoms with Crippen LogP contribution in [-0.2, 0) is 13.0 Å². The van der Waals surface area contributed by atoms with Gasteiger partial charge in [-0.3, -0.25) is 15.3 Å². The van der Waals surface area contributed by atoms with E-state index >= 15 is 0 Å². The van der Waals surface area contributed by atoms with Crippen molar-refractivity contribution in [3.63, 3.8) is 0 Å². The lowest BCUT2D eigenvalue weighted by molar-refractivity contribution is 0.347. The van der Waals surface area contributed by atoms with Crippen LogP contribution < -0.4 is 10.2 Å². The topological polar surface area (TPSA) is 90.4 Å². The molecule has 1 aliphatic carbocycles. The molecule has 154 valence electrons. The van der Waals surface area contributed by atoms with Gasteiger partial charge in [-0.2, -0.15) is 4.98 Å². The van der Waals surface area contributed by atoms with Crippen LogP contribution in [0.5, 0.6) is 0 Å². The fourth-order valence-corrected chi connectivity index (χ4v) is 4.56. The van der Waals surface area contributed by atoms with Gasteiger partial charge in [-0.25, -0.2) is 0 Å². The Hall–Kier alpha value is -2.25. The number of nitrogens with one attached hydrogen (secondary N) is 2. The second kappa shape index (κ2) is 8.63. The second-order valence-corrected chi connectivity index (χ2v) is 8.13. The van der Waals surface area contributed by atoms with E-state index in [1.165, 1.54) is 0 Å². The molecule has 2 N–H and O–H groups in total. The lowest BCUT2D eigenvalue weighted by Crippen LogP contribution is -2.44. The lowest BCUT2D eigenvalue weighted by atomic mass is 9.80. The predicted molar refractivity (Wildman–Crippen MR) is 115 cm³/mol. The summed E-state index contributed by atoms with van der Waals surface area (Å²) in [6.07, 6.45) is 4.75. The van der Waals surface area contributed by atoms with Gasteiger partial charge in [-0.05, 0) is 49.4 Å². The van der Waals surface area contributed by atoms with Crippen molar-refractivity contribution in [2.45, 2.75) is 51.5 Å². The SMILES string of the molecule is CCc1nc(C2CCC(C(=NC)N3C(=N)CNCc4cc(Cl)ccc43)CC2)no1. The van der Waals surface area contributed by atoms with Crippen LogP contribution in [0.15, 0.2) is 27.7 Å². The lowest BCUT2D eigenvalue weighted by Gasteiger charge is -2.34. The van der Waals surface area contributed by atoms with Gasteiger partial charge in [-0.1, -0.05) is 23.7 Å². The maximum absolute atomic E-state index is 8.64. The molecule has 4 rings (SSSR count). The van der Waals surface area contributed by atoms with Crippen LogP contribution in [0.1, 0.15) is 55.8 Å². The zero-order valence-electron chi connectivity index (χ0n) is 16.9. The largest absolute Gasteiger partial charge is 0.339 e. The van der Waals surface area contributed by atoms with Gasteiger partial charge in [-0.15, -0.1) is 0 Å². The predicted octanol–water partition coefficient (Wildman–Crippen LogP) is 4.17. The number of rotatable bonds is 3. The first-order valence-corrected chi connectivity index (χ1v) is 10.6. The third-order valence-corrected chi connectivity index (χ3v) is 6.10. The molecule has 7 nitrogen and oxygen atoms in total. The van der Waals surface area contributed by atoms with E-state index in [0.29, 0.717) is 41.7 Å². The highest BCUT2D eigenvalue weighted by atomic mass is 35.5. The number of benzene rings is 1. The first-order chi connectivity index (χ1) is 14.1. The maximum atomic E-state index is 8.64. The Labute approximate surface area is 176 Å². The fraction of sp³-hybridized carbons (Fsp3) is 0.524. The molecule has 2 heterocycles. The number of aliphatic imine (C=N–C) groups is 1. The molecule has 0 saturated heterocycles. The molecule has 1 aromatic heterocycles. The Morgan fingerprint density at radius 1 is 1.31 bits per heavy atom. The summed E-state index contributed by atoms with van der Waals surface area (Å²) < 4.78 is 5.30. The number of halogens is 1. The zero-order valence-corrected chi connectivity index (χ0v) is 17.7. The summed E-state index contributed by atoms with van der Waals surface area (Å²) in [5, 5.41) is 16.8. The molecule has 1 saturated carbocycles. The van der Waals surface area contributed by atoms with Crippen LogP contribution in [-0.4, -0.2) is 35.4 Å². The molecule has 1 fully saturated rings. The van der Waals surface area contributed by atoms with Gasteiger partial charge in [0, 0.05) is 36.9 Å². The monoisotopic (exact) mass is 414 g/mol. The van der Waals surface area contributed by atoms with Gasteiger partial charge < -0.3 is 9.84 Å². The van der Waals surface area contributed by atoms with Gasteiger partial charge in [0.05, 0.1) is 12.2 Å². The van der Waals surface area contributed by atoms with Crippen molar-refractivity contribution in [2.24, 2.45) is 10.9 Å². The number of hydrogen-bond donors (Lipinski definition) is 2. The standard InChI is InChI=1S/C21H27ClN6O/c1-3-19-26-20(27-29-19)13-4-6-14(7-5-13)21(24-2)28-17-9-8-16(22)10-15(17)11-25-12-18(28)23/h8-10,13-14,23,25H,3-7,11-12H2,1-2H3. The normalized spacial score (nSPS) is 23.1. The first-order valence-electron chi connectivity index (χ1n) is 10.3. The number of amidine groups is 2. The van der Waals surface area contributed by atoms with E-state index in [9.17, 15) is 0 Å². The average molecular weight is 415 g/mol. The molecule has 0 atom stereocenters. The number of hydrogen-bond acceptors (Lipinski definition) is 6. The molecular formula is C21H27ClN6O. The maximum Gasteiger partial charge on any atom is 0.226 e. The number of anilines is 1. The van der Waals surface area contributed by atoms with Crippen LogP contribution in [0.4, 0.5) is 5.69 Å². The minimum absolute atomic E-state index is 0.302. The smallest absolute Gasteiger partial charge is 0.226 e. The molecule has 0 radical (unpaired) electrons. The summed E-state index contributed by atoms with van der Waals surface area (Å²) in [6.45, 7) is 3.22. The molecule has 29 heavy (non-hydrogen) atoms. The summed E-state index contributed by atoms with van der Waals surface area (Å²) in [5.41, 5.74) is 2.09. The number of fused-ring (bicyclic) bond motifs is 1. The van der Waals surface area contributed by atoms with Crippen molar-refractivity contribution in [1.82, 2.24) is 15.5 Å². The Bertz CT molecular complexity index is 916. The van der Waals surface area contributed by atoms with E-state index in [1.54, 1.807) is 0 Å². The molecule has 0 amide bonds.